The number of carbonyl (C=O) groups is 1. The Bertz CT molecular complexity index is 816. The molecule has 1 unspecified atom stereocenters. The van der Waals surface area contributed by atoms with Gasteiger partial charge in [-0.25, -0.2) is 0 Å². The van der Waals surface area contributed by atoms with E-state index in [0.29, 0.717) is 0 Å². The Hall–Kier alpha value is -2.37. The SMILES string of the molecule is CC(=O)N1CCc2cc(C(O)CCN3CCN(c4ccccc4)CC3)ccc21. The highest BCUT2D eigenvalue weighted by Gasteiger charge is 2.23. The average Bonchev–Trinajstić information content (AvgIpc) is 3.16. The van der Waals surface area contributed by atoms with Gasteiger partial charge in [0.15, 0.2) is 0 Å². The van der Waals surface area contributed by atoms with Gasteiger partial charge in [-0.2, -0.15) is 0 Å². The molecule has 148 valence electrons. The molecule has 0 aliphatic carbocycles. The summed E-state index contributed by atoms with van der Waals surface area (Å²) >= 11 is 0. The Balaban J connectivity index is 1.28. The van der Waals surface area contributed by atoms with Crippen molar-refractivity contribution in [1.29, 1.82) is 0 Å². The first-order valence-corrected chi connectivity index (χ1v) is 10.2. The van der Waals surface area contributed by atoms with Gasteiger partial charge in [-0.15, -0.1) is 0 Å². The number of nitrogens with zero attached hydrogens (tertiary/aromatic N) is 3. The molecule has 0 bridgehead atoms. The van der Waals surface area contributed by atoms with E-state index in [1.165, 1.54) is 11.3 Å². The van der Waals surface area contributed by atoms with Gasteiger partial charge < -0.3 is 14.9 Å². The largest absolute Gasteiger partial charge is 0.388 e. The van der Waals surface area contributed by atoms with Crippen LogP contribution in [0.25, 0.3) is 0 Å². The van der Waals surface area contributed by atoms with Crippen LogP contribution in [0.4, 0.5) is 11.4 Å². The minimum absolute atomic E-state index is 0.0849. The number of hydrogen-bond acceptors (Lipinski definition) is 4. The van der Waals surface area contributed by atoms with E-state index < -0.39 is 6.10 Å². The number of fused-ring (bicyclic) bond motifs is 1. The predicted molar refractivity (Wildman–Crippen MR) is 113 cm³/mol. The molecule has 0 aromatic heterocycles. The van der Waals surface area contributed by atoms with Crippen molar-refractivity contribution in [2.24, 2.45) is 0 Å². The number of benzene rings is 2. The summed E-state index contributed by atoms with van der Waals surface area (Å²) in [7, 11) is 0. The summed E-state index contributed by atoms with van der Waals surface area (Å²) in [4.78, 5) is 18.4. The highest BCUT2D eigenvalue weighted by molar-refractivity contribution is 5.93. The van der Waals surface area contributed by atoms with Crippen LogP contribution < -0.4 is 9.80 Å². The zero-order valence-corrected chi connectivity index (χ0v) is 16.6. The fraction of sp³-hybridized carbons (Fsp3) is 0.435. The van der Waals surface area contributed by atoms with E-state index in [4.69, 9.17) is 0 Å². The van der Waals surface area contributed by atoms with Crippen LogP contribution >= 0.6 is 0 Å². The van der Waals surface area contributed by atoms with Crippen LogP contribution in [0.3, 0.4) is 0 Å². The molecular formula is C23H29N3O2. The zero-order chi connectivity index (χ0) is 19.5. The van der Waals surface area contributed by atoms with E-state index in [1.54, 1.807) is 6.92 Å². The van der Waals surface area contributed by atoms with E-state index in [2.05, 4.69) is 46.2 Å². The molecule has 1 fully saturated rings. The van der Waals surface area contributed by atoms with Crippen molar-refractivity contribution in [2.75, 3.05) is 49.1 Å². The van der Waals surface area contributed by atoms with Crippen LogP contribution in [0, 0.1) is 0 Å². The first-order valence-electron chi connectivity index (χ1n) is 10.2. The third-order valence-electron chi connectivity index (χ3n) is 5.98. The molecule has 1 atom stereocenters. The predicted octanol–water partition coefficient (Wildman–Crippen LogP) is 2.84. The van der Waals surface area contributed by atoms with E-state index in [1.807, 2.05) is 17.0 Å². The summed E-state index contributed by atoms with van der Waals surface area (Å²) in [6.45, 7) is 7.37. The first-order chi connectivity index (χ1) is 13.6. The molecule has 0 radical (unpaired) electrons. The summed E-state index contributed by atoms with van der Waals surface area (Å²) < 4.78 is 0. The smallest absolute Gasteiger partial charge is 0.223 e. The molecule has 2 heterocycles. The summed E-state index contributed by atoms with van der Waals surface area (Å²) in [5.41, 5.74) is 4.43. The molecule has 4 rings (SSSR count). The van der Waals surface area contributed by atoms with E-state index in [0.717, 1.165) is 63.4 Å². The van der Waals surface area contributed by atoms with Crippen molar-refractivity contribution in [3.8, 4) is 0 Å². The topological polar surface area (TPSA) is 47.0 Å². The molecule has 2 aliphatic rings. The van der Waals surface area contributed by atoms with Gasteiger partial charge in [0.1, 0.15) is 0 Å². The lowest BCUT2D eigenvalue weighted by Crippen LogP contribution is -2.46. The Morgan fingerprint density at radius 3 is 2.50 bits per heavy atom. The second kappa shape index (κ2) is 8.33. The molecule has 1 N–H and O–H groups in total. The summed E-state index contributed by atoms with van der Waals surface area (Å²) in [6.07, 6.45) is 1.15. The molecule has 5 heteroatoms. The molecule has 28 heavy (non-hydrogen) atoms. The van der Waals surface area contributed by atoms with Crippen LogP contribution in [0.15, 0.2) is 48.5 Å². The molecule has 1 saturated heterocycles. The molecule has 1 amide bonds. The molecule has 5 nitrogen and oxygen atoms in total. The lowest BCUT2D eigenvalue weighted by molar-refractivity contribution is -0.116. The Morgan fingerprint density at radius 2 is 1.79 bits per heavy atom. The normalized spacial score (nSPS) is 18.2. The molecular weight excluding hydrogens is 350 g/mol. The van der Waals surface area contributed by atoms with Crippen LogP contribution in [-0.2, 0) is 11.2 Å². The van der Waals surface area contributed by atoms with Gasteiger partial charge in [0, 0.05) is 57.6 Å². The number of hydrogen-bond donors (Lipinski definition) is 1. The Kier molecular flexibility index (Phi) is 5.64. The number of para-hydroxylation sites is 1. The van der Waals surface area contributed by atoms with Crippen molar-refractivity contribution in [2.45, 2.75) is 25.9 Å². The lowest BCUT2D eigenvalue weighted by atomic mass is 10.0. The van der Waals surface area contributed by atoms with E-state index in [-0.39, 0.29) is 5.91 Å². The fourth-order valence-electron chi connectivity index (χ4n) is 4.30. The van der Waals surface area contributed by atoms with E-state index in [9.17, 15) is 9.90 Å². The molecule has 2 aromatic rings. The van der Waals surface area contributed by atoms with Gasteiger partial charge in [-0.05, 0) is 42.2 Å². The van der Waals surface area contributed by atoms with Gasteiger partial charge in [0.2, 0.25) is 5.91 Å². The Labute approximate surface area is 167 Å². The second-order valence-corrected chi connectivity index (χ2v) is 7.78. The highest BCUT2D eigenvalue weighted by Crippen LogP contribution is 2.31. The molecule has 0 spiro atoms. The van der Waals surface area contributed by atoms with Crippen molar-refractivity contribution in [1.82, 2.24) is 4.90 Å². The van der Waals surface area contributed by atoms with Crippen LogP contribution in [0.1, 0.15) is 30.6 Å². The third-order valence-corrected chi connectivity index (χ3v) is 5.98. The van der Waals surface area contributed by atoms with Crippen molar-refractivity contribution >= 4 is 17.3 Å². The van der Waals surface area contributed by atoms with Crippen molar-refractivity contribution < 1.29 is 9.90 Å². The standard InChI is InChI=1S/C23H29N3O2/c1-18(27)26-12-9-19-17-20(7-8-22(19)26)23(28)10-11-24-13-15-25(16-14-24)21-5-3-2-4-6-21/h2-8,17,23,28H,9-16H2,1H3. The number of aliphatic hydroxyl groups excluding tert-OH is 1. The minimum atomic E-state index is -0.455. The maximum Gasteiger partial charge on any atom is 0.223 e. The molecule has 2 aromatic carbocycles. The lowest BCUT2D eigenvalue weighted by Gasteiger charge is -2.36. The average molecular weight is 380 g/mol. The highest BCUT2D eigenvalue weighted by atomic mass is 16.3. The summed E-state index contributed by atoms with van der Waals surface area (Å²) in [5, 5.41) is 10.7. The van der Waals surface area contributed by atoms with Gasteiger partial charge in [0.05, 0.1) is 6.10 Å². The summed E-state index contributed by atoms with van der Waals surface area (Å²) in [6, 6.07) is 16.6. The minimum Gasteiger partial charge on any atom is -0.388 e. The molecule has 2 aliphatic heterocycles. The van der Waals surface area contributed by atoms with Gasteiger partial charge >= 0.3 is 0 Å². The second-order valence-electron chi connectivity index (χ2n) is 7.78. The van der Waals surface area contributed by atoms with Crippen LogP contribution in [0.5, 0.6) is 0 Å². The number of rotatable bonds is 5. The number of amides is 1. The number of piperazine rings is 1. The van der Waals surface area contributed by atoms with Crippen molar-refractivity contribution in [3.05, 3.63) is 59.7 Å². The maximum absolute atomic E-state index is 11.7. The number of carbonyl (C=O) groups excluding carboxylic acids is 1. The van der Waals surface area contributed by atoms with Crippen LogP contribution in [0.2, 0.25) is 0 Å². The van der Waals surface area contributed by atoms with Gasteiger partial charge in [-0.3, -0.25) is 9.69 Å². The Morgan fingerprint density at radius 1 is 1.04 bits per heavy atom. The number of aliphatic hydroxyl groups is 1. The van der Waals surface area contributed by atoms with E-state index >= 15 is 0 Å². The number of anilines is 2. The van der Waals surface area contributed by atoms with Gasteiger partial charge in [0.25, 0.3) is 0 Å². The monoisotopic (exact) mass is 379 g/mol. The maximum atomic E-state index is 11.7. The molecule has 0 saturated carbocycles. The summed E-state index contributed by atoms with van der Waals surface area (Å²) in [5.74, 6) is 0.0849. The van der Waals surface area contributed by atoms with Gasteiger partial charge in [-0.1, -0.05) is 30.3 Å². The van der Waals surface area contributed by atoms with Crippen molar-refractivity contribution in [3.63, 3.8) is 0 Å². The third kappa shape index (κ3) is 4.05. The first kappa shape index (κ1) is 19.0. The zero-order valence-electron chi connectivity index (χ0n) is 16.6. The quantitative estimate of drug-likeness (QED) is 0.868. The van der Waals surface area contributed by atoms with Crippen LogP contribution in [-0.4, -0.2) is 55.2 Å². The fourth-order valence-corrected chi connectivity index (χ4v) is 4.30.